The van der Waals surface area contributed by atoms with E-state index in [1.807, 2.05) is 60.7 Å². The van der Waals surface area contributed by atoms with E-state index in [4.69, 9.17) is 10.5 Å². The third-order valence-corrected chi connectivity index (χ3v) is 11.6. The number of likely N-dealkylation sites (tertiary alicyclic amines) is 1. The van der Waals surface area contributed by atoms with Gasteiger partial charge in [0.1, 0.15) is 24.3 Å². The van der Waals surface area contributed by atoms with Crippen molar-refractivity contribution in [2.24, 2.45) is 11.7 Å². The first-order valence-corrected chi connectivity index (χ1v) is 21.1. The third kappa shape index (κ3) is 11.8. The number of nitrogens with one attached hydrogen (secondary N) is 3. The lowest BCUT2D eigenvalue weighted by Crippen LogP contribution is -2.56. The molecular formula is C45H56N8O8. The maximum absolute atomic E-state index is 14.9. The average Bonchev–Trinajstić information content (AvgIpc) is 3.94. The average molecular weight is 837 g/mol. The smallest absolute Gasteiger partial charge is 0.407 e. The van der Waals surface area contributed by atoms with Crippen molar-refractivity contribution in [1.29, 1.82) is 0 Å². The van der Waals surface area contributed by atoms with Crippen molar-refractivity contribution in [3.8, 4) is 0 Å². The summed E-state index contributed by atoms with van der Waals surface area (Å²) in [5, 5.41) is 29.4. The van der Waals surface area contributed by atoms with Gasteiger partial charge in [-0.3, -0.25) is 24.0 Å². The number of unbranched alkanes of at least 4 members (excludes halogenated alkanes) is 1. The lowest BCUT2D eigenvalue weighted by molar-refractivity contribution is -0.142. The molecule has 1 saturated carbocycles. The third-order valence-electron chi connectivity index (χ3n) is 11.6. The molecule has 16 heteroatoms. The number of amides is 5. The van der Waals surface area contributed by atoms with Crippen molar-refractivity contribution in [3.05, 3.63) is 95.8 Å². The number of carbonyl (C=O) groups is 6. The second-order valence-corrected chi connectivity index (χ2v) is 16.6. The number of alkyl carbamates (subject to hydrolysis) is 1. The highest BCUT2D eigenvalue weighted by Crippen LogP contribution is 2.34. The van der Waals surface area contributed by atoms with Gasteiger partial charge in [-0.25, -0.2) is 9.48 Å². The minimum atomic E-state index is -1.36. The van der Waals surface area contributed by atoms with Crippen molar-refractivity contribution in [1.82, 2.24) is 35.8 Å². The number of primary amides is 1. The van der Waals surface area contributed by atoms with Crippen LogP contribution < -0.4 is 21.7 Å². The number of nitrogens with two attached hydrogens (primary N) is 1. The number of carbonyl (C=O) groups excluding carboxylic acids is 6. The number of Topliss-reactive ketones (excluding diaryl/α,β-unsaturated/α-hetero) is 1. The van der Waals surface area contributed by atoms with Crippen LogP contribution in [-0.4, -0.2) is 91.7 Å². The first-order chi connectivity index (χ1) is 29.3. The van der Waals surface area contributed by atoms with Crippen molar-refractivity contribution in [2.75, 3.05) is 13.1 Å². The number of aromatic nitrogens is 3. The molecule has 4 atom stereocenters. The number of nitrogens with zero attached hydrogens (tertiary/aromatic N) is 4. The van der Waals surface area contributed by atoms with E-state index in [0.717, 1.165) is 48.4 Å². The fourth-order valence-electron chi connectivity index (χ4n) is 8.33. The molecule has 0 radical (unpaired) electrons. The molecule has 0 bridgehead atoms. The van der Waals surface area contributed by atoms with Gasteiger partial charge in [0.2, 0.25) is 17.6 Å². The number of fused-ring (bicyclic) bond motifs is 1. The first kappa shape index (κ1) is 44.4. The topological polar surface area (TPSA) is 228 Å². The summed E-state index contributed by atoms with van der Waals surface area (Å²) in [5.41, 5.74) is 5.66. The van der Waals surface area contributed by atoms with Crippen molar-refractivity contribution < 1.29 is 38.6 Å². The molecule has 1 saturated heterocycles. The van der Waals surface area contributed by atoms with Gasteiger partial charge in [-0.15, -0.1) is 5.10 Å². The van der Waals surface area contributed by atoms with Crippen LogP contribution >= 0.6 is 0 Å². The highest BCUT2D eigenvalue weighted by molar-refractivity contribution is 6.37. The van der Waals surface area contributed by atoms with Crippen LogP contribution in [0.3, 0.4) is 0 Å². The Morgan fingerprint density at radius 3 is 2.34 bits per heavy atom. The van der Waals surface area contributed by atoms with Crippen LogP contribution in [0.5, 0.6) is 0 Å². The lowest BCUT2D eigenvalue weighted by Gasteiger charge is -2.32. The predicted molar refractivity (Wildman–Crippen MR) is 225 cm³/mol. The summed E-state index contributed by atoms with van der Waals surface area (Å²) in [5.74, 6) is -3.67. The second kappa shape index (κ2) is 20.4. The summed E-state index contributed by atoms with van der Waals surface area (Å²) >= 11 is 0. The Morgan fingerprint density at radius 2 is 1.62 bits per heavy atom. The fraction of sp³-hybridized carbons (Fsp3) is 0.467. The largest absolute Gasteiger partial charge is 0.445 e. The number of rotatable bonds is 18. The standard InChI is InChI=1S/C45H56N8O8/c1-45(2,60)38-26-48-51-53(38)34-25-37(42(57)49-35(39(54)40(46)55)19-11-12-22-47-44(59)61-28-30-15-7-4-8-16-30)52(27-34)43(58)36(23-29-13-5-3-6-14-29)50-41(56)33-21-20-31-17-9-10-18-32(31)24-33/h4,7-10,15-18,20-21,24,26,29,34-37,60H,3,5-6,11-14,19,22-23,25,27-28H2,1-2H3,(H2,46,55)(H,47,59)(H,49,57)(H,50,56)/t34-,35?,36-,37+/m1/s1. The highest BCUT2D eigenvalue weighted by atomic mass is 16.5. The zero-order valence-corrected chi connectivity index (χ0v) is 34.8. The molecule has 2 heterocycles. The van der Waals surface area contributed by atoms with Crippen LogP contribution in [0.4, 0.5) is 4.79 Å². The van der Waals surface area contributed by atoms with Crippen molar-refractivity contribution >= 4 is 46.3 Å². The maximum atomic E-state index is 14.9. The SMILES string of the molecule is CC(C)(O)c1cnnn1[C@@H]1C[C@@H](C(=O)NC(CCCCNC(=O)OCc2ccccc2)C(=O)C(N)=O)N(C(=O)[C@@H](CC2CCCCC2)NC(=O)c2ccc3ccccc3c2)C1. The zero-order chi connectivity index (χ0) is 43.5. The molecular weight excluding hydrogens is 781 g/mol. The molecule has 6 N–H and O–H groups in total. The van der Waals surface area contributed by atoms with Crippen molar-refractivity contribution in [3.63, 3.8) is 0 Å². The van der Waals surface area contributed by atoms with E-state index < -0.39 is 65.3 Å². The van der Waals surface area contributed by atoms with Gasteiger partial charge in [0.05, 0.1) is 24.0 Å². The van der Waals surface area contributed by atoms with Gasteiger partial charge in [0.25, 0.3) is 11.8 Å². The number of hydrogen-bond donors (Lipinski definition) is 5. The van der Waals surface area contributed by atoms with Gasteiger partial charge in [0, 0.05) is 25.1 Å². The second-order valence-electron chi connectivity index (χ2n) is 16.6. The summed E-state index contributed by atoms with van der Waals surface area (Å²) in [6.07, 6.45) is 6.86. The minimum Gasteiger partial charge on any atom is -0.445 e. The van der Waals surface area contributed by atoms with Crippen molar-refractivity contribution in [2.45, 2.75) is 114 Å². The first-order valence-electron chi connectivity index (χ1n) is 21.1. The van der Waals surface area contributed by atoms with E-state index >= 15 is 0 Å². The fourth-order valence-corrected chi connectivity index (χ4v) is 8.33. The summed E-state index contributed by atoms with van der Waals surface area (Å²) < 4.78 is 6.74. The van der Waals surface area contributed by atoms with Crippen LogP contribution in [0.1, 0.15) is 106 Å². The highest BCUT2D eigenvalue weighted by Gasteiger charge is 2.45. The molecule has 0 spiro atoms. The zero-order valence-electron chi connectivity index (χ0n) is 34.8. The molecule has 16 nitrogen and oxygen atoms in total. The minimum absolute atomic E-state index is 0.0170. The molecule has 5 amide bonds. The summed E-state index contributed by atoms with van der Waals surface area (Å²) in [7, 11) is 0. The Kier molecular flexibility index (Phi) is 14.8. The molecule has 1 aliphatic heterocycles. The molecule has 324 valence electrons. The number of hydrogen-bond acceptors (Lipinski definition) is 10. The van der Waals surface area contributed by atoms with Gasteiger partial charge >= 0.3 is 6.09 Å². The van der Waals surface area contributed by atoms with E-state index in [0.29, 0.717) is 30.5 Å². The van der Waals surface area contributed by atoms with Crippen LogP contribution in [0, 0.1) is 5.92 Å². The van der Waals surface area contributed by atoms with E-state index in [2.05, 4.69) is 26.3 Å². The van der Waals surface area contributed by atoms with Crippen LogP contribution in [0.15, 0.2) is 79.0 Å². The van der Waals surface area contributed by atoms with E-state index in [1.54, 1.807) is 26.0 Å². The molecule has 61 heavy (non-hydrogen) atoms. The molecule has 1 aromatic heterocycles. The molecule has 4 aromatic rings. The monoisotopic (exact) mass is 836 g/mol. The van der Waals surface area contributed by atoms with E-state index in [9.17, 15) is 33.9 Å². The quantitative estimate of drug-likeness (QED) is 0.0709. The molecule has 2 fully saturated rings. The number of benzene rings is 3. The van der Waals surface area contributed by atoms with Crippen LogP contribution in [0.25, 0.3) is 10.8 Å². The normalized spacial score (nSPS) is 17.9. The van der Waals surface area contributed by atoms with E-state index in [1.165, 1.54) is 15.8 Å². The van der Waals surface area contributed by atoms with Gasteiger partial charge in [-0.05, 0) is 73.9 Å². The molecule has 2 aliphatic rings. The van der Waals surface area contributed by atoms with Gasteiger partial charge in [-0.2, -0.15) is 0 Å². The molecule has 6 rings (SSSR count). The lowest BCUT2D eigenvalue weighted by atomic mass is 9.84. The van der Waals surface area contributed by atoms with E-state index in [-0.39, 0.29) is 38.5 Å². The Labute approximate surface area is 354 Å². The van der Waals surface area contributed by atoms with Crippen LogP contribution in [-0.2, 0) is 36.1 Å². The predicted octanol–water partition coefficient (Wildman–Crippen LogP) is 4.21. The molecule has 1 unspecified atom stereocenters. The van der Waals surface area contributed by atoms with Gasteiger partial charge < -0.3 is 36.4 Å². The number of ketones is 1. The summed E-state index contributed by atoms with van der Waals surface area (Å²) in [6.45, 7) is 3.45. The summed E-state index contributed by atoms with van der Waals surface area (Å²) in [6, 6.07) is 18.1. The Hall–Kier alpha value is -6.16. The Morgan fingerprint density at radius 1 is 0.902 bits per heavy atom. The summed E-state index contributed by atoms with van der Waals surface area (Å²) in [4.78, 5) is 82.2. The maximum Gasteiger partial charge on any atom is 0.407 e. The Balaban J connectivity index is 1.19. The number of aliphatic hydroxyl groups is 1. The van der Waals surface area contributed by atoms with Gasteiger partial charge in [-0.1, -0.05) is 98.0 Å². The van der Waals surface area contributed by atoms with Gasteiger partial charge in [0.15, 0.2) is 0 Å². The Bertz CT molecular complexity index is 2180. The molecule has 1 aliphatic carbocycles. The molecule has 3 aromatic carbocycles. The number of ether oxygens (including phenoxy) is 1. The van der Waals surface area contributed by atoms with Crippen LogP contribution in [0.2, 0.25) is 0 Å².